The molecule has 0 aliphatic heterocycles. The van der Waals surface area contributed by atoms with Crippen molar-refractivity contribution in [2.24, 2.45) is 0 Å². The molecule has 0 spiro atoms. The van der Waals surface area contributed by atoms with Crippen LogP contribution in [0.15, 0.2) is 42.5 Å². The molecule has 0 aliphatic rings. The number of halogens is 1. The van der Waals surface area contributed by atoms with Crippen LogP contribution in [0.25, 0.3) is 0 Å². The van der Waals surface area contributed by atoms with E-state index in [9.17, 15) is 14.9 Å². The highest BCUT2D eigenvalue weighted by Gasteiger charge is 2.18. The second-order valence-corrected chi connectivity index (χ2v) is 6.25. The molecule has 1 atom stereocenters. The Morgan fingerprint density at radius 2 is 1.81 bits per heavy atom. The zero-order chi connectivity index (χ0) is 19.3. The molecular weight excluding hydrogens is 360 g/mol. The van der Waals surface area contributed by atoms with Gasteiger partial charge in [0.1, 0.15) is 11.4 Å². The average Bonchev–Trinajstić information content (AvgIpc) is 2.57. The van der Waals surface area contributed by atoms with Crippen LogP contribution in [-0.4, -0.2) is 23.1 Å². The fourth-order valence-electron chi connectivity index (χ4n) is 2.11. The van der Waals surface area contributed by atoms with E-state index in [4.69, 9.17) is 21.1 Å². The number of nitrogens with one attached hydrogen (secondary N) is 1. The van der Waals surface area contributed by atoms with Gasteiger partial charge in [0.2, 0.25) is 0 Å². The molecule has 1 unspecified atom stereocenters. The SMILES string of the molecule is CC(C)OC(=O)C(C)Oc1ccc(Nc2ccc(Cl)cc2[N+](=O)[O-])cc1. The van der Waals surface area contributed by atoms with E-state index in [0.29, 0.717) is 17.1 Å². The number of hydrogen-bond donors (Lipinski definition) is 1. The number of anilines is 2. The van der Waals surface area contributed by atoms with E-state index in [2.05, 4.69) is 5.32 Å². The highest BCUT2D eigenvalue weighted by Crippen LogP contribution is 2.31. The predicted octanol–water partition coefficient (Wildman–Crippen LogP) is 4.71. The van der Waals surface area contributed by atoms with Crippen LogP contribution in [-0.2, 0) is 9.53 Å². The normalized spacial score (nSPS) is 11.7. The van der Waals surface area contributed by atoms with Crippen LogP contribution in [0.3, 0.4) is 0 Å². The molecule has 2 aromatic carbocycles. The summed E-state index contributed by atoms with van der Waals surface area (Å²) in [7, 11) is 0. The molecule has 0 bridgehead atoms. The topological polar surface area (TPSA) is 90.7 Å². The standard InChI is InChI=1S/C18H19ClN2O5/c1-11(2)25-18(22)12(3)26-15-7-5-14(6-8-15)20-16-9-4-13(19)10-17(16)21(23)24/h4-12,20H,1-3H3. The molecule has 26 heavy (non-hydrogen) atoms. The van der Waals surface area contributed by atoms with Crippen molar-refractivity contribution in [1.29, 1.82) is 0 Å². The van der Waals surface area contributed by atoms with Crippen molar-refractivity contribution in [3.63, 3.8) is 0 Å². The number of ether oxygens (including phenoxy) is 2. The van der Waals surface area contributed by atoms with Gasteiger partial charge in [-0.25, -0.2) is 4.79 Å². The van der Waals surface area contributed by atoms with Gasteiger partial charge >= 0.3 is 5.97 Å². The lowest BCUT2D eigenvalue weighted by Gasteiger charge is -2.16. The maximum Gasteiger partial charge on any atom is 0.347 e. The number of nitro benzene ring substituents is 1. The summed E-state index contributed by atoms with van der Waals surface area (Å²) in [5, 5.41) is 14.4. The molecule has 0 amide bonds. The number of rotatable bonds is 7. The average molecular weight is 379 g/mol. The lowest BCUT2D eigenvalue weighted by atomic mass is 10.2. The number of benzene rings is 2. The summed E-state index contributed by atoms with van der Waals surface area (Å²) in [6.45, 7) is 5.13. The Bertz CT molecular complexity index is 793. The maximum absolute atomic E-state index is 11.8. The minimum Gasteiger partial charge on any atom is -0.479 e. The van der Waals surface area contributed by atoms with Gasteiger partial charge in [0.15, 0.2) is 6.10 Å². The van der Waals surface area contributed by atoms with Crippen LogP contribution >= 0.6 is 11.6 Å². The van der Waals surface area contributed by atoms with E-state index in [0.717, 1.165) is 0 Å². The Labute approximate surface area is 156 Å². The van der Waals surface area contributed by atoms with Crippen molar-refractivity contribution in [2.45, 2.75) is 33.0 Å². The molecule has 8 heteroatoms. The Balaban J connectivity index is 2.06. The van der Waals surface area contributed by atoms with Crippen LogP contribution < -0.4 is 10.1 Å². The number of hydrogen-bond acceptors (Lipinski definition) is 6. The fraction of sp³-hybridized carbons (Fsp3) is 0.278. The van der Waals surface area contributed by atoms with Crippen molar-refractivity contribution in [2.75, 3.05) is 5.32 Å². The Hall–Kier alpha value is -2.80. The number of nitrogens with zero attached hydrogens (tertiary/aromatic N) is 1. The van der Waals surface area contributed by atoms with Gasteiger partial charge < -0.3 is 14.8 Å². The highest BCUT2D eigenvalue weighted by molar-refractivity contribution is 6.30. The van der Waals surface area contributed by atoms with Gasteiger partial charge in [0.05, 0.1) is 11.0 Å². The summed E-state index contributed by atoms with van der Waals surface area (Å²) in [5.74, 6) is 0.0355. The summed E-state index contributed by atoms with van der Waals surface area (Å²) < 4.78 is 10.6. The Morgan fingerprint density at radius 1 is 1.15 bits per heavy atom. The van der Waals surface area contributed by atoms with Gasteiger partial charge in [-0.1, -0.05) is 11.6 Å². The van der Waals surface area contributed by atoms with Crippen molar-refractivity contribution in [3.8, 4) is 5.75 Å². The first-order valence-electron chi connectivity index (χ1n) is 7.94. The third-order valence-corrected chi connectivity index (χ3v) is 3.52. The first-order valence-corrected chi connectivity index (χ1v) is 8.32. The van der Waals surface area contributed by atoms with E-state index in [-0.39, 0.29) is 16.8 Å². The minimum absolute atomic E-state index is 0.122. The smallest absolute Gasteiger partial charge is 0.347 e. The van der Waals surface area contributed by atoms with E-state index in [1.165, 1.54) is 12.1 Å². The van der Waals surface area contributed by atoms with Gasteiger partial charge in [-0.3, -0.25) is 10.1 Å². The minimum atomic E-state index is -0.742. The maximum atomic E-state index is 11.8. The third-order valence-electron chi connectivity index (χ3n) is 3.29. The molecular formula is C18H19ClN2O5. The van der Waals surface area contributed by atoms with Crippen LogP contribution in [0.1, 0.15) is 20.8 Å². The van der Waals surface area contributed by atoms with Crippen molar-refractivity contribution < 1.29 is 19.2 Å². The van der Waals surface area contributed by atoms with E-state index >= 15 is 0 Å². The third kappa shape index (κ3) is 5.35. The fourth-order valence-corrected chi connectivity index (χ4v) is 2.28. The van der Waals surface area contributed by atoms with Crippen LogP contribution in [0.2, 0.25) is 5.02 Å². The molecule has 138 valence electrons. The summed E-state index contributed by atoms with van der Waals surface area (Å²) in [5.41, 5.74) is 0.824. The largest absolute Gasteiger partial charge is 0.479 e. The molecule has 0 heterocycles. The van der Waals surface area contributed by atoms with Gasteiger partial charge in [-0.05, 0) is 57.2 Å². The van der Waals surface area contributed by atoms with Gasteiger partial charge in [0.25, 0.3) is 5.69 Å². The monoisotopic (exact) mass is 378 g/mol. The number of esters is 1. The van der Waals surface area contributed by atoms with Crippen LogP contribution in [0.4, 0.5) is 17.1 Å². The molecule has 7 nitrogen and oxygen atoms in total. The zero-order valence-electron chi connectivity index (χ0n) is 14.6. The Kier molecular flexibility index (Phi) is 6.41. The number of nitro groups is 1. The van der Waals surface area contributed by atoms with Crippen LogP contribution in [0.5, 0.6) is 5.75 Å². The Morgan fingerprint density at radius 3 is 2.38 bits per heavy atom. The zero-order valence-corrected chi connectivity index (χ0v) is 15.3. The first kappa shape index (κ1) is 19.5. The molecule has 0 fully saturated rings. The van der Waals surface area contributed by atoms with Crippen molar-refractivity contribution in [3.05, 3.63) is 57.6 Å². The molecule has 0 saturated heterocycles. The van der Waals surface area contributed by atoms with Crippen LogP contribution in [0, 0.1) is 10.1 Å². The van der Waals surface area contributed by atoms with E-state index < -0.39 is 17.0 Å². The summed E-state index contributed by atoms with van der Waals surface area (Å²) in [6.07, 6.45) is -0.955. The van der Waals surface area contributed by atoms with Crippen molar-refractivity contribution >= 4 is 34.6 Å². The number of carbonyl (C=O) groups is 1. The molecule has 0 saturated carbocycles. The predicted molar refractivity (Wildman–Crippen MR) is 99.1 cm³/mol. The number of carbonyl (C=O) groups excluding carboxylic acids is 1. The quantitative estimate of drug-likeness (QED) is 0.426. The molecule has 0 aromatic heterocycles. The molecule has 0 aliphatic carbocycles. The molecule has 0 radical (unpaired) electrons. The van der Waals surface area contributed by atoms with Gasteiger partial charge in [-0.15, -0.1) is 0 Å². The van der Waals surface area contributed by atoms with Gasteiger partial charge in [0, 0.05) is 16.8 Å². The lowest BCUT2D eigenvalue weighted by Crippen LogP contribution is -2.28. The first-order chi connectivity index (χ1) is 12.3. The summed E-state index contributed by atoms with van der Waals surface area (Å²) in [6, 6.07) is 11.1. The summed E-state index contributed by atoms with van der Waals surface area (Å²) in [4.78, 5) is 22.4. The van der Waals surface area contributed by atoms with Crippen molar-refractivity contribution in [1.82, 2.24) is 0 Å². The molecule has 1 N–H and O–H groups in total. The van der Waals surface area contributed by atoms with E-state index in [1.807, 2.05) is 0 Å². The van der Waals surface area contributed by atoms with Gasteiger partial charge in [-0.2, -0.15) is 0 Å². The molecule has 2 rings (SSSR count). The molecule has 2 aromatic rings. The second-order valence-electron chi connectivity index (χ2n) is 5.81. The lowest BCUT2D eigenvalue weighted by molar-refractivity contribution is -0.383. The highest BCUT2D eigenvalue weighted by atomic mass is 35.5. The summed E-state index contributed by atoms with van der Waals surface area (Å²) >= 11 is 5.80. The van der Waals surface area contributed by atoms with E-state index in [1.54, 1.807) is 51.1 Å². The second kappa shape index (κ2) is 8.53.